The summed E-state index contributed by atoms with van der Waals surface area (Å²) in [4.78, 5) is 27.5. The molecule has 0 atom stereocenters. The number of aromatic nitrogens is 3. The van der Waals surface area contributed by atoms with Crippen LogP contribution in [0.5, 0.6) is 5.75 Å². The number of carbonyl (C=O) groups is 2. The van der Waals surface area contributed by atoms with Gasteiger partial charge >= 0.3 is 0 Å². The van der Waals surface area contributed by atoms with E-state index in [4.69, 9.17) is 4.74 Å². The largest absolute Gasteiger partial charge is 0.487 e. The molecule has 0 unspecified atom stereocenters. The Morgan fingerprint density at radius 1 is 1.19 bits per heavy atom. The van der Waals surface area contributed by atoms with Gasteiger partial charge in [0.15, 0.2) is 5.78 Å². The third-order valence-electron chi connectivity index (χ3n) is 3.67. The van der Waals surface area contributed by atoms with Crippen molar-refractivity contribution in [1.29, 1.82) is 0 Å². The quantitative estimate of drug-likeness (QED) is 0.638. The molecule has 0 radical (unpaired) electrons. The van der Waals surface area contributed by atoms with E-state index in [1.165, 1.54) is 6.92 Å². The summed E-state index contributed by atoms with van der Waals surface area (Å²) in [5.41, 5.74) is 2.43. The minimum absolute atomic E-state index is 0.0236. The van der Waals surface area contributed by atoms with E-state index < -0.39 is 0 Å². The number of aromatic amines is 1. The van der Waals surface area contributed by atoms with Gasteiger partial charge in [-0.3, -0.25) is 19.7 Å². The van der Waals surface area contributed by atoms with Crippen LogP contribution >= 0.6 is 0 Å². The Balaban J connectivity index is 1.55. The van der Waals surface area contributed by atoms with Crippen LogP contribution in [0.3, 0.4) is 0 Å². The number of benzene rings is 1. The molecule has 0 aliphatic carbocycles. The molecule has 0 bridgehead atoms. The zero-order valence-corrected chi connectivity index (χ0v) is 14.2. The van der Waals surface area contributed by atoms with Crippen LogP contribution in [0, 0.1) is 0 Å². The fourth-order valence-electron chi connectivity index (χ4n) is 2.29. The smallest absolute Gasteiger partial charge is 0.272 e. The number of hydrogen-bond donors (Lipinski definition) is 2. The van der Waals surface area contributed by atoms with Crippen LogP contribution < -0.4 is 10.1 Å². The lowest BCUT2D eigenvalue weighted by Crippen LogP contribution is -2.23. The highest BCUT2D eigenvalue weighted by Crippen LogP contribution is 2.15. The Morgan fingerprint density at radius 2 is 2.08 bits per heavy atom. The number of Topliss-reactive ketones (excluding diaryl/α,β-unsaturated/α-hetero) is 1. The molecule has 2 aromatic heterocycles. The second kappa shape index (κ2) is 8.06. The summed E-state index contributed by atoms with van der Waals surface area (Å²) in [6.07, 6.45) is 3.37. The van der Waals surface area contributed by atoms with Gasteiger partial charge in [0, 0.05) is 24.5 Å². The van der Waals surface area contributed by atoms with Gasteiger partial charge in [-0.25, -0.2) is 0 Å². The summed E-state index contributed by atoms with van der Waals surface area (Å²) in [5, 5.41) is 9.56. The van der Waals surface area contributed by atoms with Gasteiger partial charge in [-0.1, -0.05) is 18.2 Å². The lowest BCUT2D eigenvalue weighted by atomic mass is 10.1. The highest BCUT2D eigenvalue weighted by molar-refractivity contribution is 5.94. The summed E-state index contributed by atoms with van der Waals surface area (Å²) in [7, 11) is 0. The number of H-pyrrole nitrogens is 1. The van der Waals surface area contributed by atoms with Crippen molar-refractivity contribution >= 4 is 11.7 Å². The van der Waals surface area contributed by atoms with Crippen molar-refractivity contribution in [2.24, 2.45) is 0 Å². The molecule has 0 saturated heterocycles. The molecule has 2 N–H and O–H groups in total. The van der Waals surface area contributed by atoms with Crippen LogP contribution in [0.25, 0.3) is 0 Å². The average molecular weight is 350 g/mol. The van der Waals surface area contributed by atoms with Gasteiger partial charge in [-0.05, 0) is 36.8 Å². The average Bonchev–Trinajstić information content (AvgIpc) is 3.15. The van der Waals surface area contributed by atoms with Gasteiger partial charge < -0.3 is 10.1 Å². The molecule has 0 fully saturated rings. The van der Waals surface area contributed by atoms with Crippen LogP contribution in [-0.4, -0.2) is 26.9 Å². The molecule has 0 aliphatic heterocycles. The Morgan fingerprint density at radius 3 is 2.85 bits per heavy atom. The van der Waals surface area contributed by atoms with Crippen molar-refractivity contribution in [3.05, 3.63) is 77.4 Å². The van der Waals surface area contributed by atoms with Crippen molar-refractivity contribution in [1.82, 2.24) is 20.5 Å². The second-order valence-electron chi connectivity index (χ2n) is 5.70. The van der Waals surface area contributed by atoms with Crippen molar-refractivity contribution < 1.29 is 14.3 Å². The molecule has 1 aromatic carbocycles. The van der Waals surface area contributed by atoms with E-state index in [1.54, 1.807) is 42.7 Å². The molecule has 0 saturated carbocycles. The van der Waals surface area contributed by atoms with Gasteiger partial charge in [0.2, 0.25) is 0 Å². The molecule has 7 heteroatoms. The highest BCUT2D eigenvalue weighted by atomic mass is 16.5. The standard InChI is InChI=1S/C19H18N4O3/c1-13(24)15-5-2-6-17(8-15)26-12-16-9-18(23-22-16)19(25)21-11-14-4-3-7-20-10-14/h2-10H,11-12H2,1H3,(H,21,25)(H,22,23). The molecule has 0 aliphatic rings. The first-order valence-corrected chi connectivity index (χ1v) is 8.07. The molecule has 26 heavy (non-hydrogen) atoms. The molecule has 0 spiro atoms. The number of ketones is 1. The fraction of sp³-hybridized carbons (Fsp3) is 0.158. The molecule has 132 valence electrons. The summed E-state index contributed by atoms with van der Waals surface area (Å²) in [5.74, 6) is 0.273. The maximum atomic E-state index is 12.1. The first kappa shape index (κ1) is 17.3. The lowest BCUT2D eigenvalue weighted by molar-refractivity contribution is 0.0945. The maximum absolute atomic E-state index is 12.1. The van der Waals surface area contributed by atoms with Gasteiger partial charge in [0.1, 0.15) is 18.1 Å². The summed E-state index contributed by atoms with van der Waals surface area (Å²) in [6, 6.07) is 12.3. The zero-order valence-electron chi connectivity index (χ0n) is 14.2. The van der Waals surface area contributed by atoms with Gasteiger partial charge in [-0.15, -0.1) is 0 Å². The van der Waals surface area contributed by atoms with Crippen LogP contribution in [0.1, 0.15) is 39.0 Å². The number of carbonyl (C=O) groups excluding carboxylic acids is 2. The number of nitrogens with zero attached hydrogens (tertiary/aromatic N) is 2. The minimum atomic E-state index is -0.282. The van der Waals surface area contributed by atoms with E-state index in [0.29, 0.717) is 23.6 Å². The number of nitrogens with one attached hydrogen (secondary N) is 2. The predicted molar refractivity (Wildman–Crippen MR) is 94.8 cm³/mol. The Hall–Kier alpha value is -3.48. The number of hydrogen-bond acceptors (Lipinski definition) is 5. The lowest BCUT2D eigenvalue weighted by Gasteiger charge is -2.05. The van der Waals surface area contributed by atoms with E-state index >= 15 is 0 Å². The number of pyridine rings is 1. The van der Waals surface area contributed by atoms with Crippen LogP contribution in [0.15, 0.2) is 54.9 Å². The van der Waals surface area contributed by atoms with Crippen molar-refractivity contribution in [3.63, 3.8) is 0 Å². The Bertz CT molecular complexity index is 906. The van der Waals surface area contributed by atoms with E-state index in [2.05, 4.69) is 20.5 Å². The third kappa shape index (κ3) is 4.54. The summed E-state index contributed by atoms with van der Waals surface area (Å²) >= 11 is 0. The monoisotopic (exact) mass is 350 g/mol. The Kier molecular flexibility index (Phi) is 5.38. The zero-order chi connectivity index (χ0) is 18.4. The van der Waals surface area contributed by atoms with Crippen molar-refractivity contribution in [2.45, 2.75) is 20.1 Å². The molecule has 1 amide bonds. The first-order chi connectivity index (χ1) is 12.6. The molecule has 3 aromatic rings. The molecule has 7 nitrogen and oxygen atoms in total. The number of rotatable bonds is 7. The number of amides is 1. The fourth-order valence-corrected chi connectivity index (χ4v) is 2.29. The topological polar surface area (TPSA) is 97.0 Å². The summed E-state index contributed by atoms with van der Waals surface area (Å²) < 4.78 is 5.64. The number of ether oxygens (including phenoxy) is 1. The minimum Gasteiger partial charge on any atom is -0.487 e. The molecular formula is C19H18N4O3. The van der Waals surface area contributed by atoms with E-state index in [0.717, 1.165) is 5.56 Å². The normalized spacial score (nSPS) is 10.3. The van der Waals surface area contributed by atoms with Crippen LogP contribution in [0.2, 0.25) is 0 Å². The third-order valence-corrected chi connectivity index (χ3v) is 3.67. The molecular weight excluding hydrogens is 332 g/mol. The van der Waals surface area contributed by atoms with Gasteiger partial charge in [-0.2, -0.15) is 5.10 Å². The van der Waals surface area contributed by atoms with Crippen molar-refractivity contribution in [3.8, 4) is 5.75 Å². The van der Waals surface area contributed by atoms with E-state index in [-0.39, 0.29) is 24.0 Å². The van der Waals surface area contributed by atoms with Gasteiger partial charge in [0.05, 0.1) is 5.69 Å². The first-order valence-electron chi connectivity index (χ1n) is 8.07. The van der Waals surface area contributed by atoms with E-state index in [9.17, 15) is 9.59 Å². The SMILES string of the molecule is CC(=O)c1cccc(OCc2cc(C(=O)NCc3cccnc3)n[nH]2)c1. The van der Waals surface area contributed by atoms with Crippen molar-refractivity contribution in [2.75, 3.05) is 0 Å². The summed E-state index contributed by atoms with van der Waals surface area (Å²) in [6.45, 7) is 2.10. The predicted octanol–water partition coefficient (Wildman–Crippen LogP) is 2.52. The highest BCUT2D eigenvalue weighted by Gasteiger charge is 2.11. The molecule has 3 rings (SSSR count). The second-order valence-corrected chi connectivity index (χ2v) is 5.70. The van der Waals surface area contributed by atoms with Crippen LogP contribution in [-0.2, 0) is 13.2 Å². The maximum Gasteiger partial charge on any atom is 0.272 e. The van der Waals surface area contributed by atoms with Crippen LogP contribution in [0.4, 0.5) is 0 Å². The Labute approximate surface area is 150 Å². The van der Waals surface area contributed by atoms with E-state index in [1.807, 2.05) is 12.1 Å². The molecule has 2 heterocycles. The van der Waals surface area contributed by atoms with Gasteiger partial charge in [0.25, 0.3) is 5.91 Å².